The second kappa shape index (κ2) is 22.5. The molecule has 0 aliphatic carbocycles. The molecule has 0 saturated carbocycles. The lowest BCUT2D eigenvalue weighted by molar-refractivity contribution is -0.138. The fraction of sp³-hybridized carbons (Fsp3) is 0.596. The number of aliphatic hydroxyl groups is 4. The van der Waals surface area contributed by atoms with Crippen molar-refractivity contribution in [2.75, 3.05) is 73.6 Å². The number of rotatable bonds is 18. The summed E-state index contributed by atoms with van der Waals surface area (Å²) in [5.41, 5.74) is 3.19. The van der Waals surface area contributed by atoms with Crippen LogP contribution < -0.4 is 31.9 Å². The summed E-state index contributed by atoms with van der Waals surface area (Å²) in [6.45, 7) is 7.04. The molecule has 4 amide bonds. The highest BCUT2D eigenvalue weighted by atomic mass is 16.6. The quantitative estimate of drug-likeness (QED) is 0.0485. The molecule has 0 bridgehead atoms. The van der Waals surface area contributed by atoms with Gasteiger partial charge in [0, 0.05) is 104 Å². The molecule has 0 radical (unpaired) electrons. The number of likely N-dealkylation sites (tertiary alicyclic amines) is 2. The number of imidazole rings is 4. The summed E-state index contributed by atoms with van der Waals surface area (Å²) < 4.78 is 18.6. The Hall–Kier alpha value is -7.31. The van der Waals surface area contributed by atoms with Crippen LogP contribution in [-0.2, 0) is 46.0 Å². The Morgan fingerprint density at radius 1 is 0.579 bits per heavy atom. The second-order valence-electron chi connectivity index (χ2n) is 19.6. The van der Waals surface area contributed by atoms with Crippen LogP contribution >= 0.6 is 0 Å². The largest absolute Gasteiger partial charge is 0.387 e. The van der Waals surface area contributed by atoms with Crippen LogP contribution in [0.1, 0.15) is 63.4 Å². The van der Waals surface area contributed by atoms with E-state index in [-0.39, 0.29) is 30.0 Å². The van der Waals surface area contributed by atoms with Crippen molar-refractivity contribution >= 4 is 63.7 Å². The van der Waals surface area contributed by atoms with Crippen LogP contribution in [0.4, 0.5) is 28.3 Å². The number of nitrogens with one attached hydrogen (secondary N) is 6. The average molecular weight is 1060 g/mol. The van der Waals surface area contributed by atoms with Crippen molar-refractivity contribution in [3.63, 3.8) is 0 Å². The van der Waals surface area contributed by atoms with E-state index in [2.05, 4.69) is 51.8 Å². The summed E-state index contributed by atoms with van der Waals surface area (Å²) >= 11 is 0. The summed E-state index contributed by atoms with van der Waals surface area (Å²) in [4.78, 5) is 80.4. The fourth-order valence-electron chi connectivity index (χ4n) is 10.1. The molecule has 0 spiro atoms. The van der Waals surface area contributed by atoms with Crippen molar-refractivity contribution in [3.8, 4) is 0 Å². The van der Waals surface area contributed by atoms with E-state index in [0.717, 1.165) is 11.4 Å². The lowest BCUT2D eigenvalue weighted by Gasteiger charge is -2.39. The van der Waals surface area contributed by atoms with Crippen LogP contribution in [0.2, 0.25) is 0 Å². The maximum absolute atomic E-state index is 14.1. The van der Waals surface area contributed by atoms with Gasteiger partial charge in [0.15, 0.2) is 58.6 Å². The lowest BCUT2D eigenvalue weighted by Crippen LogP contribution is -2.51. The Kier molecular flexibility index (Phi) is 15.4. The van der Waals surface area contributed by atoms with Gasteiger partial charge in [0.2, 0.25) is 11.9 Å². The van der Waals surface area contributed by atoms with Gasteiger partial charge in [-0.15, -0.1) is 0 Å². The van der Waals surface area contributed by atoms with Crippen LogP contribution in [-0.4, -0.2) is 207 Å². The predicted octanol–water partition coefficient (Wildman–Crippen LogP) is -1.17. The Bertz CT molecular complexity index is 2800. The molecule has 0 unspecified atom stereocenters. The van der Waals surface area contributed by atoms with E-state index in [0.29, 0.717) is 125 Å². The number of hydrogen-bond donors (Lipinski definition) is 10. The van der Waals surface area contributed by atoms with Crippen LogP contribution in [0.15, 0.2) is 37.7 Å². The van der Waals surface area contributed by atoms with Crippen molar-refractivity contribution in [1.82, 2.24) is 78.6 Å². The van der Waals surface area contributed by atoms with Gasteiger partial charge in [0.1, 0.15) is 24.4 Å². The highest BCUT2D eigenvalue weighted by Gasteiger charge is 2.49. The molecule has 4 saturated heterocycles. The molecule has 76 heavy (non-hydrogen) atoms. The number of nitrogens with zero attached hydrogens (tertiary/aromatic N) is 14. The fourth-order valence-corrected chi connectivity index (χ4v) is 10.1. The van der Waals surface area contributed by atoms with Crippen LogP contribution in [0.25, 0.3) is 22.3 Å². The smallest absolute Gasteiger partial charge is 0.320 e. The van der Waals surface area contributed by atoms with Gasteiger partial charge in [-0.05, 0) is 39.5 Å². The molecular formula is C47H66N20O9. The van der Waals surface area contributed by atoms with E-state index in [1.54, 1.807) is 26.5 Å². The summed E-state index contributed by atoms with van der Waals surface area (Å²) in [6, 6.07) is -0.216. The minimum atomic E-state index is -1.48. The molecule has 408 valence electrons. The van der Waals surface area contributed by atoms with Crippen molar-refractivity contribution in [3.05, 3.63) is 49.1 Å². The minimum Gasteiger partial charge on any atom is -0.387 e. The zero-order valence-corrected chi connectivity index (χ0v) is 42.7. The van der Waals surface area contributed by atoms with E-state index in [1.165, 1.54) is 21.8 Å². The van der Waals surface area contributed by atoms with Gasteiger partial charge < -0.3 is 80.7 Å². The first-order valence-electron chi connectivity index (χ1n) is 25.8. The molecule has 10 N–H and O–H groups in total. The Balaban J connectivity index is 0.785. The molecular weight excluding hydrogens is 989 g/mol. The highest BCUT2D eigenvalue weighted by molar-refractivity contribution is 5.86. The maximum Gasteiger partial charge on any atom is 0.320 e. The van der Waals surface area contributed by atoms with E-state index >= 15 is 0 Å². The van der Waals surface area contributed by atoms with Crippen LogP contribution in [0.5, 0.6) is 0 Å². The highest BCUT2D eigenvalue weighted by Crippen LogP contribution is 2.36. The summed E-state index contributed by atoms with van der Waals surface area (Å²) in [7, 11) is 3.80. The second-order valence-corrected chi connectivity index (χ2v) is 19.6. The number of hydrogen-bond acceptors (Lipinski definition) is 21. The van der Waals surface area contributed by atoms with Gasteiger partial charge >= 0.3 is 6.03 Å². The Labute approximate surface area is 435 Å². The number of carbonyl (C=O) groups excluding carboxylic acids is 3. The van der Waals surface area contributed by atoms with Gasteiger partial charge in [0.25, 0.3) is 11.8 Å². The zero-order chi connectivity index (χ0) is 53.2. The first-order valence-corrected chi connectivity index (χ1v) is 25.8. The third-order valence-corrected chi connectivity index (χ3v) is 14.1. The molecule has 0 aromatic carbocycles. The Morgan fingerprint density at radius 3 is 1.36 bits per heavy atom. The molecule has 4 aliphatic rings. The first kappa shape index (κ1) is 52.1. The number of piperidine rings is 2. The van der Waals surface area contributed by atoms with Crippen LogP contribution in [0, 0.1) is 0 Å². The number of ether oxygens (including phenoxy) is 2. The summed E-state index contributed by atoms with van der Waals surface area (Å²) in [5.74, 6) is 0.353. The third-order valence-electron chi connectivity index (χ3n) is 14.1. The summed E-state index contributed by atoms with van der Waals surface area (Å²) in [5, 5.41) is 62.7. The number of amides is 4. The first-order chi connectivity index (χ1) is 36.8. The molecule has 29 nitrogen and oxygen atoms in total. The van der Waals surface area contributed by atoms with Gasteiger partial charge in [-0.3, -0.25) is 18.7 Å². The minimum absolute atomic E-state index is 0.0477. The molecule has 29 heteroatoms. The monoisotopic (exact) mass is 1050 g/mol. The van der Waals surface area contributed by atoms with Crippen molar-refractivity contribution in [2.45, 2.75) is 114 Å². The average Bonchev–Trinajstić information content (AvgIpc) is 4.31. The van der Waals surface area contributed by atoms with E-state index in [9.17, 15) is 34.8 Å². The number of carbonyl (C=O) groups is 3. The molecule has 10 rings (SSSR count). The molecule has 6 aromatic heterocycles. The number of likely N-dealkylation sites (N-methyl/N-ethyl adjacent to an activating group) is 2. The maximum atomic E-state index is 14.1. The topological polar surface area (TPSA) is 352 Å². The third kappa shape index (κ3) is 10.9. The number of aryl methyl sites for hydroxylation is 2. The normalized spacial score (nSPS) is 24.4. The van der Waals surface area contributed by atoms with Gasteiger partial charge in [-0.2, -0.15) is 19.9 Å². The number of aliphatic hydroxyl groups excluding tert-OH is 4. The predicted molar refractivity (Wildman–Crippen MR) is 272 cm³/mol. The van der Waals surface area contributed by atoms with Gasteiger partial charge in [-0.25, -0.2) is 24.7 Å². The van der Waals surface area contributed by atoms with Crippen molar-refractivity contribution in [1.29, 1.82) is 0 Å². The van der Waals surface area contributed by atoms with E-state index in [4.69, 9.17) is 29.4 Å². The van der Waals surface area contributed by atoms with Gasteiger partial charge in [-0.1, -0.05) is 0 Å². The number of anilines is 4. The molecule has 4 aliphatic heterocycles. The lowest BCUT2D eigenvalue weighted by atomic mass is 10.0. The van der Waals surface area contributed by atoms with Crippen molar-refractivity contribution in [2.24, 2.45) is 14.1 Å². The van der Waals surface area contributed by atoms with Crippen LogP contribution in [0.3, 0.4) is 0 Å². The molecule has 4 fully saturated rings. The zero-order valence-electron chi connectivity index (χ0n) is 42.7. The van der Waals surface area contributed by atoms with Gasteiger partial charge in [0.05, 0.1) is 36.7 Å². The number of urea groups is 1. The standard InChI is InChI=1S/C47H66N20O9/c1-5-48-41(72)35-31(68)33(70)43(75-35)66-23-54-29-37(58-45(60-39(29)66)50-13-7-27-19-62(3)21-52-27)56-25-9-15-64(16-10-25)47(74)65-17-11-26(12-18-65)57-38-30-40(61-46(59-38)51-14-8-28-20-63(4)22-53-28)67(24-55-30)44-34(71)32(69)36(76-44)42(73)49-6-2/h19-26,31-36,43-44,68-71H,5-18H2,1-4H3,(H,48,72)(H,49,73)(H2,50,56,58,60)(H2,51,57,59,61)/t31-,32-,33+,34+,35-,36-,43+,44+/m0/s1. The Morgan fingerprint density at radius 2 is 0.987 bits per heavy atom. The van der Waals surface area contributed by atoms with Crippen molar-refractivity contribution < 1.29 is 44.3 Å². The molecule has 10 heterocycles. The number of fused-ring (bicyclic) bond motifs is 2. The van der Waals surface area contributed by atoms with E-state index in [1.807, 2.05) is 45.4 Å². The molecule has 8 atom stereocenters. The molecule has 6 aromatic rings. The number of aromatic nitrogens is 12. The SMILES string of the molecule is CCNC(=O)[C@H]1O[C@@H](n2cnc3c(NC4CCN(C(=O)N5CCC(Nc6nc(NCCc7cn(C)cn7)nc7c6ncn7[C@@H]6O[C@H](C(=O)NCC)[C@@H](O)[C@H]6O)CC5)CC4)nc(NCCc4cn(C)cn4)nc32)[C@H](O)[C@@H]1O. The summed E-state index contributed by atoms with van der Waals surface area (Å²) in [6.07, 6.45) is 3.09. The van der Waals surface area contributed by atoms with E-state index < -0.39 is 60.9 Å².